The Morgan fingerprint density at radius 1 is 1.20 bits per heavy atom. The smallest absolute Gasteiger partial charge is 0.373 e. The van der Waals surface area contributed by atoms with Gasteiger partial charge in [-0.2, -0.15) is 0 Å². The quantitative estimate of drug-likeness (QED) is 0.238. The Morgan fingerprint density at radius 3 is 2.66 bits per heavy atom. The van der Waals surface area contributed by atoms with Crippen molar-refractivity contribution in [2.75, 3.05) is 7.11 Å². The van der Waals surface area contributed by atoms with E-state index in [4.69, 9.17) is 20.8 Å². The molecule has 0 spiro atoms. The van der Waals surface area contributed by atoms with Gasteiger partial charge in [-0.3, -0.25) is 9.69 Å². The van der Waals surface area contributed by atoms with E-state index in [1.54, 1.807) is 24.3 Å². The predicted octanol–water partition coefficient (Wildman–Crippen LogP) is 5.29. The summed E-state index contributed by atoms with van der Waals surface area (Å²) >= 11 is 9.60. The van der Waals surface area contributed by atoms with Crippen LogP contribution in [0.4, 0.5) is 9.18 Å². The van der Waals surface area contributed by atoms with Gasteiger partial charge < -0.3 is 19.2 Å². The highest BCUT2D eigenvalue weighted by Crippen LogP contribution is 2.35. The molecule has 2 aromatic carbocycles. The molecule has 1 saturated heterocycles. The van der Waals surface area contributed by atoms with Crippen LogP contribution in [0, 0.1) is 5.82 Å². The second-order valence-corrected chi connectivity index (χ2v) is 8.65. The van der Waals surface area contributed by atoms with Crippen molar-refractivity contribution in [2.45, 2.75) is 13.2 Å². The summed E-state index contributed by atoms with van der Waals surface area (Å²) < 4.78 is 29.5. The fraction of sp³-hybridized carbons (Fsp3) is 0.125. The van der Waals surface area contributed by atoms with Crippen molar-refractivity contribution in [2.24, 2.45) is 0 Å². The first-order valence-electron chi connectivity index (χ1n) is 10.1. The molecule has 1 aliphatic heterocycles. The van der Waals surface area contributed by atoms with Gasteiger partial charge in [0.15, 0.2) is 0 Å². The van der Waals surface area contributed by atoms with E-state index in [1.807, 2.05) is 0 Å². The third-order valence-corrected chi connectivity index (χ3v) is 5.77. The summed E-state index contributed by atoms with van der Waals surface area (Å²) in [6.45, 7) is -0.0592. The molecule has 11 heteroatoms. The third-order valence-electron chi connectivity index (χ3n) is 4.96. The topological polar surface area (TPSA) is 98.1 Å². The largest absolute Gasteiger partial charge is 0.487 e. The molecule has 0 atom stereocenters. The summed E-state index contributed by atoms with van der Waals surface area (Å²) in [5.74, 6) is -1.08. The number of hydrogen-bond acceptors (Lipinski definition) is 6. The number of halogens is 3. The number of imide groups is 1. The summed E-state index contributed by atoms with van der Waals surface area (Å²) in [5.41, 5.74) is 1.16. The van der Waals surface area contributed by atoms with Crippen LogP contribution in [-0.4, -0.2) is 29.9 Å². The second kappa shape index (κ2) is 10.3. The van der Waals surface area contributed by atoms with Gasteiger partial charge in [0.2, 0.25) is 5.76 Å². The Morgan fingerprint density at radius 2 is 1.94 bits per heavy atom. The number of esters is 1. The van der Waals surface area contributed by atoms with Gasteiger partial charge in [0.25, 0.3) is 5.91 Å². The van der Waals surface area contributed by atoms with Gasteiger partial charge in [0.1, 0.15) is 29.6 Å². The number of nitrogens with one attached hydrogen (secondary N) is 1. The van der Waals surface area contributed by atoms with Crippen LogP contribution in [0.5, 0.6) is 5.75 Å². The first kappa shape index (κ1) is 24.5. The lowest BCUT2D eigenvalue weighted by Crippen LogP contribution is -2.30. The van der Waals surface area contributed by atoms with Crippen LogP contribution in [0.2, 0.25) is 5.02 Å². The van der Waals surface area contributed by atoms with Crippen molar-refractivity contribution in [1.29, 1.82) is 0 Å². The van der Waals surface area contributed by atoms with E-state index in [-0.39, 0.29) is 36.2 Å². The number of nitrogens with zero attached hydrogens (tertiary/aromatic N) is 1. The van der Waals surface area contributed by atoms with Gasteiger partial charge in [-0.25, -0.2) is 14.0 Å². The fourth-order valence-corrected chi connectivity index (χ4v) is 4.22. The molecule has 1 fully saturated rings. The monoisotopic (exact) mass is 562 g/mol. The number of rotatable bonds is 7. The maximum absolute atomic E-state index is 13.2. The van der Waals surface area contributed by atoms with E-state index in [0.717, 1.165) is 10.5 Å². The summed E-state index contributed by atoms with van der Waals surface area (Å²) in [6, 6.07) is 11.3. The average Bonchev–Trinajstić information content (AvgIpc) is 3.39. The Balaban J connectivity index is 1.56. The van der Waals surface area contributed by atoms with E-state index >= 15 is 0 Å². The van der Waals surface area contributed by atoms with E-state index in [1.165, 1.54) is 37.5 Å². The molecule has 0 radical (unpaired) electrons. The molecule has 2 heterocycles. The zero-order chi connectivity index (χ0) is 25.1. The van der Waals surface area contributed by atoms with Crippen molar-refractivity contribution in [3.63, 3.8) is 0 Å². The molecule has 0 unspecified atom stereocenters. The van der Waals surface area contributed by atoms with Crippen LogP contribution in [-0.2, 0) is 22.7 Å². The Kier molecular flexibility index (Phi) is 7.23. The van der Waals surface area contributed by atoms with Crippen LogP contribution in [0.15, 0.2) is 63.1 Å². The zero-order valence-electron chi connectivity index (χ0n) is 18.1. The number of ether oxygens (including phenoxy) is 2. The fourth-order valence-electron chi connectivity index (χ4n) is 3.28. The molecule has 8 nitrogen and oxygen atoms in total. The number of carbonyl (C=O) groups is 3. The Labute approximate surface area is 212 Å². The van der Waals surface area contributed by atoms with Gasteiger partial charge in [-0.05, 0) is 64.0 Å². The van der Waals surface area contributed by atoms with E-state index in [0.29, 0.717) is 20.8 Å². The van der Waals surface area contributed by atoms with Gasteiger partial charge in [-0.1, -0.05) is 23.7 Å². The number of carbonyl (C=O) groups excluding carboxylic acids is 3. The van der Waals surface area contributed by atoms with Crippen LogP contribution in [0.1, 0.15) is 27.4 Å². The minimum Gasteiger partial charge on any atom is -0.487 e. The van der Waals surface area contributed by atoms with Crippen LogP contribution in [0.3, 0.4) is 0 Å². The number of furan rings is 1. The van der Waals surface area contributed by atoms with Crippen molar-refractivity contribution in [3.8, 4) is 5.75 Å². The highest BCUT2D eigenvalue weighted by molar-refractivity contribution is 9.10. The van der Waals surface area contributed by atoms with Gasteiger partial charge in [-0.15, -0.1) is 0 Å². The molecule has 1 aromatic heterocycles. The Hall–Kier alpha value is -3.63. The number of methoxy groups -OCH3 is 1. The molecular weight excluding hydrogens is 547 g/mol. The zero-order valence-corrected chi connectivity index (χ0v) is 20.5. The van der Waals surface area contributed by atoms with E-state index in [2.05, 4.69) is 26.0 Å². The first-order chi connectivity index (χ1) is 16.7. The van der Waals surface area contributed by atoms with E-state index in [9.17, 15) is 18.8 Å². The summed E-state index contributed by atoms with van der Waals surface area (Å²) in [7, 11) is 1.21. The molecular formula is C24H17BrClFN2O6. The molecule has 0 bridgehead atoms. The molecule has 1 N–H and O–H groups in total. The lowest BCUT2D eigenvalue weighted by molar-refractivity contribution is -0.123. The predicted molar refractivity (Wildman–Crippen MR) is 127 cm³/mol. The second-order valence-electron chi connectivity index (χ2n) is 7.36. The molecule has 180 valence electrons. The number of urea groups is 1. The van der Waals surface area contributed by atoms with Crippen LogP contribution < -0.4 is 10.1 Å². The van der Waals surface area contributed by atoms with Gasteiger partial charge >= 0.3 is 12.0 Å². The summed E-state index contributed by atoms with van der Waals surface area (Å²) in [6.07, 6.45) is 1.44. The molecule has 35 heavy (non-hydrogen) atoms. The SMILES string of the molecule is COC(=O)c1ccc(CN2C(=O)N/C(=C\c3cc(Cl)cc(Br)c3OCc3ccc(F)cc3)C2=O)o1. The molecule has 0 saturated carbocycles. The summed E-state index contributed by atoms with van der Waals surface area (Å²) in [4.78, 5) is 37.9. The van der Waals surface area contributed by atoms with Crippen LogP contribution in [0.25, 0.3) is 6.08 Å². The van der Waals surface area contributed by atoms with Gasteiger partial charge in [0, 0.05) is 10.6 Å². The van der Waals surface area contributed by atoms with Gasteiger partial charge in [0.05, 0.1) is 18.1 Å². The summed E-state index contributed by atoms with van der Waals surface area (Å²) in [5, 5.41) is 2.89. The first-order valence-corrected chi connectivity index (χ1v) is 11.3. The number of benzene rings is 2. The lowest BCUT2D eigenvalue weighted by atomic mass is 10.1. The van der Waals surface area contributed by atoms with Crippen molar-refractivity contribution < 1.29 is 32.7 Å². The highest BCUT2D eigenvalue weighted by Gasteiger charge is 2.34. The minimum absolute atomic E-state index is 0.00412. The molecule has 3 aromatic rings. The Bertz CT molecular complexity index is 1340. The van der Waals surface area contributed by atoms with Crippen molar-refractivity contribution in [1.82, 2.24) is 10.2 Å². The third kappa shape index (κ3) is 5.55. The average molecular weight is 564 g/mol. The van der Waals surface area contributed by atoms with E-state index < -0.39 is 17.9 Å². The standard InChI is InChI=1S/C24H17BrClFN2O6/c1-33-23(31)20-7-6-17(35-20)11-29-22(30)19(28-24(29)32)9-14-8-15(26)10-18(25)21(14)34-12-13-2-4-16(27)5-3-13/h2-10H,11-12H2,1H3,(H,28,32)/b19-9-. The maximum Gasteiger partial charge on any atom is 0.373 e. The number of hydrogen-bond donors (Lipinski definition) is 1. The number of amides is 3. The highest BCUT2D eigenvalue weighted by atomic mass is 79.9. The normalized spacial score (nSPS) is 14.4. The van der Waals surface area contributed by atoms with Crippen molar-refractivity contribution >= 4 is 51.5 Å². The lowest BCUT2D eigenvalue weighted by Gasteiger charge is -2.13. The molecule has 0 aliphatic carbocycles. The molecule has 1 aliphatic rings. The van der Waals surface area contributed by atoms with Crippen molar-refractivity contribution in [3.05, 3.63) is 92.2 Å². The molecule has 4 rings (SSSR count). The molecule has 3 amide bonds. The minimum atomic E-state index is -0.672. The van der Waals surface area contributed by atoms with Crippen LogP contribution >= 0.6 is 27.5 Å². The maximum atomic E-state index is 13.2.